The molecule has 1 heterocycles. The zero-order valence-electron chi connectivity index (χ0n) is 15.2. The van der Waals surface area contributed by atoms with E-state index in [4.69, 9.17) is 4.52 Å². The van der Waals surface area contributed by atoms with E-state index in [1.54, 1.807) is 19.9 Å². The van der Waals surface area contributed by atoms with Gasteiger partial charge in [-0.1, -0.05) is 23.4 Å². The number of amides is 2. The van der Waals surface area contributed by atoms with Crippen molar-refractivity contribution in [2.75, 3.05) is 5.32 Å². The number of hydrogen-bond donors (Lipinski definition) is 2. The predicted molar refractivity (Wildman–Crippen MR) is 96.3 cm³/mol. The molecule has 2 N–H and O–H groups in total. The van der Waals surface area contributed by atoms with Crippen molar-refractivity contribution in [3.63, 3.8) is 0 Å². The van der Waals surface area contributed by atoms with E-state index in [0.717, 1.165) is 12.8 Å². The van der Waals surface area contributed by atoms with Gasteiger partial charge in [0, 0.05) is 12.5 Å². The molecule has 25 heavy (non-hydrogen) atoms. The number of aromatic nitrogens is 1. The second-order valence-electron chi connectivity index (χ2n) is 6.37. The Kier molecular flexibility index (Phi) is 6.33. The Bertz CT molecular complexity index is 752. The first kappa shape index (κ1) is 18.7. The molecule has 2 rings (SSSR count). The molecule has 0 fully saturated rings. The van der Waals surface area contributed by atoms with Crippen LogP contribution in [-0.2, 0) is 16.0 Å². The van der Waals surface area contributed by atoms with E-state index < -0.39 is 6.04 Å². The Morgan fingerprint density at radius 1 is 1.16 bits per heavy atom. The molecule has 1 unspecified atom stereocenters. The minimum Gasteiger partial charge on any atom is -0.360 e. The summed E-state index contributed by atoms with van der Waals surface area (Å²) in [5.74, 6) is 0.496. The Hall–Kier alpha value is -2.63. The van der Waals surface area contributed by atoms with Crippen LogP contribution in [0.5, 0.6) is 0 Å². The number of aryl methyl sites for hydroxylation is 4. The summed E-state index contributed by atoms with van der Waals surface area (Å²) >= 11 is 0. The first-order valence-electron chi connectivity index (χ1n) is 8.45. The van der Waals surface area contributed by atoms with Gasteiger partial charge in [0.05, 0.1) is 0 Å². The van der Waals surface area contributed by atoms with Crippen LogP contribution in [0.3, 0.4) is 0 Å². The van der Waals surface area contributed by atoms with E-state index in [2.05, 4.69) is 47.8 Å². The van der Waals surface area contributed by atoms with Crippen LogP contribution in [0.15, 0.2) is 28.8 Å². The van der Waals surface area contributed by atoms with Crippen LogP contribution in [0.2, 0.25) is 0 Å². The van der Waals surface area contributed by atoms with Crippen molar-refractivity contribution in [1.29, 1.82) is 0 Å². The van der Waals surface area contributed by atoms with E-state index in [-0.39, 0.29) is 11.8 Å². The topological polar surface area (TPSA) is 84.2 Å². The summed E-state index contributed by atoms with van der Waals surface area (Å²) in [5, 5.41) is 9.00. The van der Waals surface area contributed by atoms with Crippen LogP contribution >= 0.6 is 0 Å². The number of nitrogens with zero attached hydrogens (tertiary/aromatic N) is 1. The molecule has 6 heteroatoms. The van der Waals surface area contributed by atoms with Crippen LogP contribution in [0.1, 0.15) is 42.2 Å². The van der Waals surface area contributed by atoms with Crippen molar-refractivity contribution >= 4 is 17.6 Å². The Labute approximate surface area is 148 Å². The SMILES string of the molecule is Cc1cc(NC(=O)C(C)NC(=O)CCCc2ccc(C)c(C)c2)no1. The van der Waals surface area contributed by atoms with Crippen molar-refractivity contribution in [2.45, 2.75) is 53.0 Å². The first-order valence-corrected chi connectivity index (χ1v) is 8.45. The van der Waals surface area contributed by atoms with E-state index in [0.29, 0.717) is 18.0 Å². The number of hydrogen-bond acceptors (Lipinski definition) is 4. The van der Waals surface area contributed by atoms with Crippen LogP contribution in [0.25, 0.3) is 0 Å². The van der Waals surface area contributed by atoms with E-state index in [1.807, 2.05) is 0 Å². The van der Waals surface area contributed by atoms with Crippen molar-refractivity contribution < 1.29 is 14.1 Å². The number of nitrogens with one attached hydrogen (secondary N) is 2. The first-order chi connectivity index (χ1) is 11.8. The Morgan fingerprint density at radius 3 is 2.56 bits per heavy atom. The lowest BCUT2D eigenvalue weighted by atomic mass is 10.0. The summed E-state index contributed by atoms with van der Waals surface area (Å²) in [6.07, 6.45) is 1.96. The monoisotopic (exact) mass is 343 g/mol. The third-order valence-corrected chi connectivity index (χ3v) is 4.09. The quantitative estimate of drug-likeness (QED) is 0.809. The molecule has 0 aliphatic rings. The van der Waals surface area contributed by atoms with Gasteiger partial charge in [0.25, 0.3) is 0 Å². The molecule has 0 aliphatic heterocycles. The molecular weight excluding hydrogens is 318 g/mol. The largest absolute Gasteiger partial charge is 0.360 e. The molecule has 6 nitrogen and oxygen atoms in total. The summed E-state index contributed by atoms with van der Waals surface area (Å²) in [5.41, 5.74) is 3.75. The van der Waals surface area contributed by atoms with Gasteiger partial charge in [-0.15, -0.1) is 0 Å². The smallest absolute Gasteiger partial charge is 0.247 e. The predicted octanol–water partition coefficient (Wildman–Crippen LogP) is 3.07. The number of rotatable bonds is 7. The van der Waals surface area contributed by atoms with Gasteiger partial charge < -0.3 is 15.2 Å². The maximum atomic E-state index is 12.0. The van der Waals surface area contributed by atoms with Crippen molar-refractivity contribution in [3.05, 3.63) is 46.7 Å². The molecule has 0 spiro atoms. The van der Waals surface area contributed by atoms with Gasteiger partial charge in [-0.2, -0.15) is 0 Å². The average Bonchev–Trinajstić information content (AvgIpc) is 2.95. The number of anilines is 1. The molecular formula is C19H25N3O3. The van der Waals surface area contributed by atoms with Crippen molar-refractivity contribution in [3.8, 4) is 0 Å². The Balaban J connectivity index is 1.73. The highest BCUT2D eigenvalue weighted by Crippen LogP contribution is 2.12. The summed E-state index contributed by atoms with van der Waals surface area (Å²) in [7, 11) is 0. The molecule has 2 aromatic rings. The van der Waals surface area contributed by atoms with Gasteiger partial charge in [-0.3, -0.25) is 9.59 Å². The lowest BCUT2D eigenvalue weighted by Crippen LogP contribution is -2.41. The maximum Gasteiger partial charge on any atom is 0.247 e. The molecule has 0 aliphatic carbocycles. The molecule has 1 atom stereocenters. The molecule has 1 aromatic carbocycles. The fourth-order valence-corrected chi connectivity index (χ4v) is 2.45. The zero-order chi connectivity index (χ0) is 18.4. The summed E-state index contributed by atoms with van der Waals surface area (Å²) < 4.78 is 4.89. The number of carbonyl (C=O) groups excluding carboxylic acids is 2. The van der Waals surface area contributed by atoms with Crippen molar-refractivity contribution in [2.24, 2.45) is 0 Å². The molecule has 2 amide bonds. The van der Waals surface area contributed by atoms with Crippen LogP contribution in [0.4, 0.5) is 5.82 Å². The van der Waals surface area contributed by atoms with Gasteiger partial charge in [-0.25, -0.2) is 0 Å². The minimum atomic E-state index is -0.633. The minimum absolute atomic E-state index is 0.136. The van der Waals surface area contributed by atoms with Gasteiger partial charge in [-0.05, 0) is 57.2 Å². The van der Waals surface area contributed by atoms with Crippen LogP contribution in [-0.4, -0.2) is 23.0 Å². The average molecular weight is 343 g/mol. The van der Waals surface area contributed by atoms with E-state index in [1.165, 1.54) is 16.7 Å². The third-order valence-electron chi connectivity index (χ3n) is 4.09. The second kappa shape index (κ2) is 8.46. The fourth-order valence-electron chi connectivity index (χ4n) is 2.45. The number of benzene rings is 1. The van der Waals surface area contributed by atoms with Crippen LogP contribution in [0, 0.1) is 20.8 Å². The standard InChI is InChI=1S/C19H25N3O3/c1-12-8-9-16(10-13(12)2)6-5-7-18(23)20-15(4)19(24)21-17-11-14(3)25-22-17/h8-11,15H,5-7H2,1-4H3,(H,20,23)(H,21,22,24). The van der Waals surface area contributed by atoms with Gasteiger partial charge >= 0.3 is 0 Å². The van der Waals surface area contributed by atoms with Gasteiger partial charge in [0.1, 0.15) is 11.8 Å². The summed E-state index contributed by atoms with van der Waals surface area (Å²) in [6, 6.07) is 7.34. The fraction of sp³-hybridized carbons (Fsp3) is 0.421. The van der Waals surface area contributed by atoms with Crippen LogP contribution < -0.4 is 10.6 Å². The molecule has 0 saturated heterocycles. The highest BCUT2D eigenvalue weighted by Gasteiger charge is 2.16. The van der Waals surface area contributed by atoms with E-state index >= 15 is 0 Å². The normalized spacial score (nSPS) is 11.8. The molecule has 0 bridgehead atoms. The second-order valence-corrected chi connectivity index (χ2v) is 6.37. The van der Waals surface area contributed by atoms with Gasteiger partial charge in [0.2, 0.25) is 11.8 Å². The summed E-state index contributed by atoms with van der Waals surface area (Å²) in [6.45, 7) is 7.55. The Morgan fingerprint density at radius 2 is 1.92 bits per heavy atom. The lowest BCUT2D eigenvalue weighted by Gasteiger charge is -2.13. The number of carbonyl (C=O) groups is 2. The zero-order valence-corrected chi connectivity index (χ0v) is 15.2. The highest BCUT2D eigenvalue weighted by atomic mass is 16.5. The summed E-state index contributed by atoms with van der Waals surface area (Å²) in [4.78, 5) is 24.0. The molecule has 0 saturated carbocycles. The van der Waals surface area contributed by atoms with Gasteiger partial charge in [0.15, 0.2) is 5.82 Å². The van der Waals surface area contributed by atoms with E-state index in [9.17, 15) is 9.59 Å². The molecule has 134 valence electrons. The van der Waals surface area contributed by atoms with Crippen molar-refractivity contribution in [1.82, 2.24) is 10.5 Å². The molecule has 0 radical (unpaired) electrons. The molecule has 1 aromatic heterocycles. The third kappa shape index (κ3) is 5.74. The maximum absolute atomic E-state index is 12.0. The highest BCUT2D eigenvalue weighted by molar-refractivity contribution is 5.96. The lowest BCUT2D eigenvalue weighted by molar-refractivity contribution is -0.126.